The quantitative estimate of drug-likeness (QED) is 0.877. The number of rotatable bonds is 4. The fourth-order valence-corrected chi connectivity index (χ4v) is 3.61. The van der Waals surface area contributed by atoms with E-state index in [1.807, 2.05) is 13.8 Å². The number of carboxylic acid groups (broad SMARTS) is 1. The topological polar surface area (TPSA) is 95.6 Å². The van der Waals surface area contributed by atoms with Crippen molar-refractivity contribution in [2.24, 2.45) is 5.92 Å². The van der Waals surface area contributed by atoms with Gasteiger partial charge in [-0.25, -0.2) is 4.79 Å². The lowest BCUT2D eigenvalue weighted by Gasteiger charge is -2.39. The van der Waals surface area contributed by atoms with Gasteiger partial charge in [-0.2, -0.15) is 5.26 Å². The van der Waals surface area contributed by atoms with Crippen molar-refractivity contribution < 1.29 is 14.6 Å². The van der Waals surface area contributed by atoms with E-state index in [0.717, 1.165) is 0 Å². The number of benzene rings is 1. The number of ether oxygens (including phenoxy) is 1. The molecule has 28 heavy (non-hydrogen) atoms. The van der Waals surface area contributed by atoms with Crippen LogP contribution in [-0.2, 0) is 0 Å². The zero-order valence-corrected chi connectivity index (χ0v) is 15.9. The van der Waals surface area contributed by atoms with E-state index in [4.69, 9.17) is 10.00 Å². The van der Waals surface area contributed by atoms with Gasteiger partial charge in [-0.1, -0.05) is 19.9 Å². The zero-order valence-electron chi connectivity index (χ0n) is 15.9. The monoisotopic (exact) mass is 381 g/mol. The maximum absolute atomic E-state index is 12.5. The first-order valence-electron chi connectivity index (χ1n) is 9.28. The summed E-state index contributed by atoms with van der Waals surface area (Å²) >= 11 is 0. The Balaban J connectivity index is 1.75. The first-order valence-corrected chi connectivity index (χ1v) is 9.28. The molecule has 1 aromatic carbocycles. The predicted octanol–water partition coefficient (Wildman–Crippen LogP) is 3.25. The molecule has 0 saturated carbocycles. The molecular formula is C21H23N3O4. The Labute approximate surface area is 163 Å². The van der Waals surface area contributed by atoms with Crippen molar-refractivity contribution in [3.05, 3.63) is 58.5 Å². The van der Waals surface area contributed by atoms with E-state index in [1.165, 1.54) is 15.5 Å². The van der Waals surface area contributed by atoms with Crippen molar-refractivity contribution in [1.29, 1.82) is 5.26 Å². The molecule has 1 saturated heterocycles. The molecule has 2 unspecified atom stereocenters. The fraction of sp³-hybridized carbons (Fsp3) is 0.381. The molecule has 1 fully saturated rings. The van der Waals surface area contributed by atoms with E-state index in [1.54, 1.807) is 36.5 Å². The number of nitrogens with zero attached hydrogens (tertiary/aromatic N) is 3. The van der Waals surface area contributed by atoms with Gasteiger partial charge < -0.3 is 14.7 Å². The van der Waals surface area contributed by atoms with Crippen LogP contribution in [-0.4, -0.2) is 39.4 Å². The van der Waals surface area contributed by atoms with E-state index < -0.39 is 6.09 Å². The lowest BCUT2D eigenvalue weighted by atomic mass is 9.91. The maximum atomic E-state index is 12.5. The number of aromatic nitrogens is 1. The third-order valence-corrected chi connectivity index (χ3v) is 5.06. The van der Waals surface area contributed by atoms with Gasteiger partial charge in [-0.15, -0.1) is 0 Å². The van der Waals surface area contributed by atoms with E-state index in [2.05, 4.69) is 6.07 Å². The van der Waals surface area contributed by atoms with Gasteiger partial charge in [0.1, 0.15) is 11.9 Å². The lowest BCUT2D eigenvalue weighted by molar-refractivity contribution is 0.0381. The number of nitriles is 1. The second kappa shape index (κ2) is 8.17. The van der Waals surface area contributed by atoms with Crippen LogP contribution in [0.4, 0.5) is 4.79 Å². The highest BCUT2D eigenvalue weighted by Gasteiger charge is 2.34. The molecule has 0 spiro atoms. The maximum Gasteiger partial charge on any atom is 0.407 e. The van der Waals surface area contributed by atoms with E-state index in [-0.39, 0.29) is 23.6 Å². The van der Waals surface area contributed by atoms with Crippen molar-refractivity contribution >= 4 is 6.09 Å². The molecule has 1 aliphatic rings. The Morgan fingerprint density at radius 1 is 1.32 bits per heavy atom. The third-order valence-electron chi connectivity index (χ3n) is 5.06. The minimum absolute atomic E-state index is 0.106. The summed E-state index contributed by atoms with van der Waals surface area (Å²) in [7, 11) is 0. The third kappa shape index (κ3) is 4.17. The summed E-state index contributed by atoms with van der Waals surface area (Å²) in [4.78, 5) is 25.4. The molecule has 146 valence electrons. The Morgan fingerprint density at radius 2 is 2.11 bits per heavy atom. The smallest absolute Gasteiger partial charge is 0.407 e. The number of carbonyl (C=O) groups is 1. The predicted molar refractivity (Wildman–Crippen MR) is 104 cm³/mol. The molecule has 0 aliphatic carbocycles. The highest BCUT2D eigenvalue weighted by atomic mass is 16.5. The van der Waals surface area contributed by atoms with E-state index in [9.17, 15) is 14.7 Å². The van der Waals surface area contributed by atoms with Gasteiger partial charge in [0.15, 0.2) is 0 Å². The van der Waals surface area contributed by atoms with E-state index >= 15 is 0 Å². The number of amides is 1. The van der Waals surface area contributed by atoms with Crippen LogP contribution in [0.15, 0.2) is 47.4 Å². The molecule has 7 heteroatoms. The average molecular weight is 381 g/mol. The average Bonchev–Trinajstić information content (AvgIpc) is 2.68. The Morgan fingerprint density at radius 3 is 2.75 bits per heavy atom. The molecule has 0 radical (unpaired) electrons. The van der Waals surface area contributed by atoms with Gasteiger partial charge in [0.2, 0.25) is 0 Å². The zero-order chi connectivity index (χ0) is 20.3. The summed E-state index contributed by atoms with van der Waals surface area (Å²) in [5.41, 5.74) is 0.843. The first kappa shape index (κ1) is 19.5. The second-order valence-corrected chi connectivity index (χ2v) is 7.28. The second-order valence-electron chi connectivity index (χ2n) is 7.28. The molecule has 2 aromatic rings. The molecule has 3 rings (SSSR count). The van der Waals surface area contributed by atoms with Gasteiger partial charge in [0.05, 0.1) is 11.6 Å². The summed E-state index contributed by atoms with van der Waals surface area (Å²) in [6.07, 6.45) is 1.76. The number of pyridine rings is 1. The SMILES string of the molecule is CC(C)C1CC(Oc2ccn(-c3cccc(C#N)c3)c(=O)c2)CCN1C(=O)O. The van der Waals surface area contributed by atoms with Crippen LogP contribution in [0.2, 0.25) is 0 Å². The molecule has 1 amide bonds. The van der Waals surface area contributed by atoms with Crippen LogP contribution in [0.1, 0.15) is 32.3 Å². The summed E-state index contributed by atoms with van der Waals surface area (Å²) in [5.74, 6) is 0.650. The standard InChI is InChI=1S/C21H23N3O4/c1-14(2)19-11-17(7-9-24(19)21(26)27)28-18-6-8-23(20(25)12-18)16-5-3-4-15(10-16)13-22/h3-6,8,10,12,14,17,19H,7,9,11H2,1-2H3,(H,26,27). The highest BCUT2D eigenvalue weighted by molar-refractivity contribution is 5.65. The fourth-order valence-electron chi connectivity index (χ4n) is 3.61. The largest absolute Gasteiger partial charge is 0.490 e. The van der Waals surface area contributed by atoms with Gasteiger partial charge in [-0.3, -0.25) is 9.36 Å². The van der Waals surface area contributed by atoms with Crippen LogP contribution in [0.5, 0.6) is 5.75 Å². The molecule has 1 aromatic heterocycles. The molecule has 2 heterocycles. The molecule has 1 N–H and O–H groups in total. The summed E-state index contributed by atoms with van der Waals surface area (Å²) in [5, 5.41) is 18.4. The van der Waals surface area contributed by atoms with Gasteiger partial charge in [-0.05, 0) is 30.2 Å². The van der Waals surface area contributed by atoms with Crippen LogP contribution >= 0.6 is 0 Å². The Bertz CT molecular complexity index is 961. The summed E-state index contributed by atoms with van der Waals surface area (Å²) < 4.78 is 7.45. The molecule has 0 bridgehead atoms. The molecule has 7 nitrogen and oxygen atoms in total. The minimum atomic E-state index is -0.903. The first-order chi connectivity index (χ1) is 13.4. The van der Waals surface area contributed by atoms with E-state index in [0.29, 0.717) is 36.4 Å². The number of piperidine rings is 1. The number of hydrogen-bond acceptors (Lipinski definition) is 4. The summed E-state index contributed by atoms with van der Waals surface area (Å²) in [6, 6.07) is 11.9. The Kier molecular flexibility index (Phi) is 5.69. The molecule has 2 atom stereocenters. The van der Waals surface area contributed by atoms with Gasteiger partial charge in [0.25, 0.3) is 5.56 Å². The molecular weight excluding hydrogens is 358 g/mol. The van der Waals surface area contributed by atoms with Crippen molar-refractivity contribution in [1.82, 2.24) is 9.47 Å². The number of likely N-dealkylation sites (tertiary alicyclic amines) is 1. The van der Waals surface area contributed by atoms with Crippen molar-refractivity contribution in [3.8, 4) is 17.5 Å². The van der Waals surface area contributed by atoms with Crippen molar-refractivity contribution in [2.75, 3.05) is 6.54 Å². The van der Waals surface area contributed by atoms with Crippen molar-refractivity contribution in [2.45, 2.75) is 38.8 Å². The van der Waals surface area contributed by atoms with Crippen LogP contribution in [0.25, 0.3) is 5.69 Å². The normalized spacial score (nSPS) is 19.3. The molecule has 1 aliphatic heterocycles. The van der Waals surface area contributed by atoms with Crippen LogP contribution in [0, 0.1) is 17.2 Å². The van der Waals surface area contributed by atoms with Gasteiger partial charge >= 0.3 is 6.09 Å². The highest BCUT2D eigenvalue weighted by Crippen LogP contribution is 2.26. The lowest BCUT2D eigenvalue weighted by Crippen LogP contribution is -2.50. The minimum Gasteiger partial charge on any atom is -0.490 e. The van der Waals surface area contributed by atoms with Gasteiger partial charge in [0, 0.05) is 43.4 Å². The van der Waals surface area contributed by atoms with Crippen LogP contribution < -0.4 is 10.3 Å². The van der Waals surface area contributed by atoms with Crippen molar-refractivity contribution in [3.63, 3.8) is 0 Å². The van der Waals surface area contributed by atoms with Crippen LogP contribution in [0.3, 0.4) is 0 Å². The number of hydrogen-bond donors (Lipinski definition) is 1. The summed E-state index contributed by atoms with van der Waals surface area (Å²) in [6.45, 7) is 4.42. The Hall–Kier alpha value is -3.27.